The highest BCUT2D eigenvalue weighted by atomic mass is 16.4. The zero-order valence-corrected chi connectivity index (χ0v) is 9.44. The lowest BCUT2D eigenvalue weighted by Gasteiger charge is -1.98. The molecule has 1 aromatic carbocycles. The second-order valence-electron chi connectivity index (χ2n) is 3.12. The van der Waals surface area contributed by atoms with Crippen LogP contribution in [0, 0.1) is 0 Å². The summed E-state index contributed by atoms with van der Waals surface area (Å²) in [5, 5.41) is 32.5. The second-order valence-corrected chi connectivity index (χ2v) is 3.12. The van der Waals surface area contributed by atoms with Gasteiger partial charge < -0.3 is 20.4 Å². The van der Waals surface area contributed by atoms with Gasteiger partial charge in [0.2, 0.25) is 0 Å². The fourth-order valence-corrected chi connectivity index (χ4v) is 0.985. The zero-order valence-electron chi connectivity index (χ0n) is 9.44. The number of benzene rings is 1. The Kier molecular flexibility index (Phi) is 6.30. The van der Waals surface area contributed by atoms with Crippen LogP contribution >= 0.6 is 0 Å². The number of carboxylic acid groups (broad SMARTS) is 4. The third-order valence-corrected chi connectivity index (χ3v) is 1.69. The summed E-state index contributed by atoms with van der Waals surface area (Å²) < 4.78 is 0. The summed E-state index contributed by atoms with van der Waals surface area (Å²) in [6.45, 7) is 0. The summed E-state index contributed by atoms with van der Waals surface area (Å²) in [5.41, 5.74) is -0.380. The first-order valence-electron chi connectivity index (χ1n) is 4.75. The Hall–Kier alpha value is -2.90. The van der Waals surface area contributed by atoms with E-state index in [-0.39, 0.29) is 11.1 Å². The lowest BCUT2D eigenvalue weighted by atomic mass is 10.1. The molecule has 0 atom stereocenters. The van der Waals surface area contributed by atoms with Crippen LogP contribution in [0.1, 0.15) is 27.1 Å². The van der Waals surface area contributed by atoms with Gasteiger partial charge in [0.15, 0.2) is 0 Å². The maximum absolute atomic E-state index is 10.5. The molecule has 1 rings (SSSR count). The van der Waals surface area contributed by atoms with Crippen LogP contribution in [0.5, 0.6) is 0 Å². The van der Waals surface area contributed by atoms with Crippen molar-refractivity contribution in [1.82, 2.24) is 0 Å². The van der Waals surface area contributed by atoms with E-state index < -0.39 is 30.3 Å². The smallest absolute Gasteiger partial charge is 0.336 e. The molecule has 0 unspecified atom stereocenters. The number of carboxylic acids is 4. The maximum Gasteiger partial charge on any atom is 0.336 e. The van der Waals surface area contributed by atoms with E-state index in [1.807, 2.05) is 0 Å². The molecule has 0 aromatic heterocycles. The number of rotatable bonds is 4. The molecule has 102 valence electrons. The van der Waals surface area contributed by atoms with Crippen LogP contribution in [0.25, 0.3) is 0 Å². The van der Waals surface area contributed by atoms with E-state index in [1.165, 1.54) is 24.3 Å². The zero-order chi connectivity index (χ0) is 15.0. The summed E-state index contributed by atoms with van der Waals surface area (Å²) in [5.74, 6) is -5.08. The molecule has 19 heavy (non-hydrogen) atoms. The van der Waals surface area contributed by atoms with Crippen molar-refractivity contribution in [3.8, 4) is 0 Å². The van der Waals surface area contributed by atoms with E-state index in [4.69, 9.17) is 20.4 Å². The molecule has 1 aromatic rings. The molecule has 0 saturated heterocycles. The van der Waals surface area contributed by atoms with Gasteiger partial charge in [0.05, 0.1) is 11.1 Å². The Labute approximate surface area is 106 Å². The van der Waals surface area contributed by atoms with Gasteiger partial charge >= 0.3 is 23.9 Å². The average molecular weight is 270 g/mol. The van der Waals surface area contributed by atoms with Crippen LogP contribution in [0.3, 0.4) is 0 Å². The van der Waals surface area contributed by atoms with Crippen LogP contribution in [0.4, 0.5) is 0 Å². The molecule has 0 fully saturated rings. The number of hydrogen-bond donors (Lipinski definition) is 4. The Morgan fingerprint density at radius 1 is 0.737 bits per heavy atom. The molecular formula is C11H10O8. The third-order valence-electron chi connectivity index (χ3n) is 1.69. The summed E-state index contributed by atoms with van der Waals surface area (Å²) >= 11 is 0. The molecule has 0 spiro atoms. The maximum atomic E-state index is 10.5. The SMILES string of the molecule is O=C(O)CC(=O)O.O=C(O)c1ccccc1C(=O)O. The molecule has 0 heterocycles. The van der Waals surface area contributed by atoms with E-state index in [9.17, 15) is 19.2 Å². The van der Waals surface area contributed by atoms with Crippen molar-refractivity contribution in [1.29, 1.82) is 0 Å². The standard InChI is InChI=1S/C8H6O4.C3H4O4/c9-7(10)5-3-1-2-4-6(5)8(11)12;4-2(5)1-3(6)7/h1-4H,(H,9,10)(H,11,12);1H2,(H,4,5)(H,6,7). The minimum atomic E-state index is -1.31. The van der Waals surface area contributed by atoms with E-state index >= 15 is 0 Å². The fourth-order valence-electron chi connectivity index (χ4n) is 0.985. The van der Waals surface area contributed by atoms with E-state index in [1.54, 1.807) is 0 Å². The molecule has 0 radical (unpaired) electrons. The molecule has 8 nitrogen and oxygen atoms in total. The van der Waals surface area contributed by atoms with Crippen LogP contribution in [-0.4, -0.2) is 44.3 Å². The largest absolute Gasteiger partial charge is 0.481 e. The number of aromatic carboxylic acids is 2. The third kappa shape index (κ3) is 6.41. The molecule has 4 N–H and O–H groups in total. The average Bonchev–Trinajstić information content (AvgIpc) is 2.27. The van der Waals surface area contributed by atoms with Crippen molar-refractivity contribution in [2.45, 2.75) is 6.42 Å². The minimum absolute atomic E-state index is 0.190. The highest BCUT2D eigenvalue weighted by molar-refractivity contribution is 6.01. The molecular weight excluding hydrogens is 260 g/mol. The molecule has 0 aliphatic carbocycles. The van der Waals surface area contributed by atoms with Gasteiger partial charge in [-0.3, -0.25) is 9.59 Å². The highest BCUT2D eigenvalue weighted by Gasteiger charge is 2.13. The quantitative estimate of drug-likeness (QED) is 0.582. The second kappa shape index (κ2) is 7.43. The summed E-state index contributed by atoms with van der Waals surface area (Å²) in [6, 6.07) is 5.48. The van der Waals surface area contributed by atoms with Gasteiger partial charge in [0.25, 0.3) is 0 Å². The predicted molar refractivity (Wildman–Crippen MR) is 60.2 cm³/mol. The van der Waals surface area contributed by atoms with Gasteiger partial charge in [-0.05, 0) is 12.1 Å². The van der Waals surface area contributed by atoms with Crippen molar-refractivity contribution in [2.75, 3.05) is 0 Å². The highest BCUT2D eigenvalue weighted by Crippen LogP contribution is 2.07. The van der Waals surface area contributed by atoms with Crippen molar-refractivity contribution >= 4 is 23.9 Å². The Balaban J connectivity index is 0.000000399. The van der Waals surface area contributed by atoms with Crippen molar-refractivity contribution in [3.63, 3.8) is 0 Å². The van der Waals surface area contributed by atoms with Gasteiger partial charge in [0.1, 0.15) is 6.42 Å². The van der Waals surface area contributed by atoms with E-state index in [0.29, 0.717) is 0 Å². The first kappa shape index (κ1) is 16.1. The van der Waals surface area contributed by atoms with Crippen LogP contribution in [-0.2, 0) is 9.59 Å². The summed E-state index contributed by atoms with van der Waals surface area (Å²) in [7, 11) is 0. The lowest BCUT2D eigenvalue weighted by Crippen LogP contribution is -2.06. The number of hydrogen-bond acceptors (Lipinski definition) is 4. The number of carbonyl (C=O) groups is 4. The molecule has 8 heteroatoms. The Morgan fingerprint density at radius 3 is 1.21 bits per heavy atom. The molecule has 0 saturated carbocycles. The van der Waals surface area contributed by atoms with Gasteiger partial charge in [-0.1, -0.05) is 12.1 Å². The monoisotopic (exact) mass is 270 g/mol. The Bertz CT molecular complexity index is 460. The summed E-state index contributed by atoms with van der Waals surface area (Å²) in [4.78, 5) is 39.8. The minimum Gasteiger partial charge on any atom is -0.481 e. The molecule has 0 bridgehead atoms. The van der Waals surface area contributed by atoms with Crippen molar-refractivity contribution in [3.05, 3.63) is 35.4 Å². The van der Waals surface area contributed by atoms with Gasteiger partial charge in [-0.25, -0.2) is 9.59 Å². The normalized spacial score (nSPS) is 8.84. The fraction of sp³-hybridized carbons (Fsp3) is 0.0909. The first-order valence-corrected chi connectivity index (χ1v) is 4.75. The lowest BCUT2D eigenvalue weighted by molar-refractivity contribution is -0.147. The van der Waals surface area contributed by atoms with Crippen molar-refractivity contribution in [2.24, 2.45) is 0 Å². The molecule has 0 aliphatic heterocycles. The topological polar surface area (TPSA) is 149 Å². The number of aliphatic carboxylic acids is 2. The van der Waals surface area contributed by atoms with Crippen molar-refractivity contribution < 1.29 is 39.6 Å². The molecule has 0 aliphatic rings. The van der Waals surface area contributed by atoms with Gasteiger partial charge in [0, 0.05) is 0 Å². The van der Waals surface area contributed by atoms with Crippen LogP contribution in [0.2, 0.25) is 0 Å². The van der Waals surface area contributed by atoms with E-state index in [0.717, 1.165) is 0 Å². The Morgan fingerprint density at radius 2 is 1.05 bits per heavy atom. The molecule has 0 amide bonds. The van der Waals surface area contributed by atoms with Gasteiger partial charge in [-0.15, -0.1) is 0 Å². The van der Waals surface area contributed by atoms with Gasteiger partial charge in [-0.2, -0.15) is 0 Å². The summed E-state index contributed by atoms with van der Waals surface area (Å²) in [6.07, 6.45) is -0.806. The predicted octanol–water partition coefficient (Wildman–Crippen LogP) is 0.629. The van der Waals surface area contributed by atoms with Crippen LogP contribution < -0.4 is 0 Å². The first-order chi connectivity index (χ1) is 8.75. The van der Waals surface area contributed by atoms with Crippen LogP contribution in [0.15, 0.2) is 24.3 Å². The van der Waals surface area contributed by atoms with E-state index in [2.05, 4.69) is 0 Å².